The molecule has 0 spiro atoms. The van der Waals surface area contributed by atoms with Crippen molar-refractivity contribution in [3.8, 4) is 11.5 Å². The number of nitrogens with one attached hydrogen (secondary N) is 3. The molecule has 2 aromatic carbocycles. The zero-order valence-corrected chi connectivity index (χ0v) is 16.6. The van der Waals surface area contributed by atoms with Crippen LogP contribution in [0.1, 0.15) is 12.0 Å². The number of methoxy groups -OCH3 is 2. The quantitative estimate of drug-likeness (QED) is 0.457. The van der Waals surface area contributed by atoms with Gasteiger partial charge in [0.25, 0.3) is 5.91 Å². The van der Waals surface area contributed by atoms with Crippen LogP contribution in [0.15, 0.2) is 46.5 Å². The zero-order chi connectivity index (χ0) is 22.4. The highest BCUT2D eigenvalue weighted by Gasteiger charge is 2.28. The van der Waals surface area contributed by atoms with Crippen LogP contribution in [0, 0.1) is 11.6 Å². The molecule has 11 heteroatoms. The summed E-state index contributed by atoms with van der Waals surface area (Å²) < 4.78 is 36.5. The van der Waals surface area contributed by atoms with Gasteiger partial charge in [0.2, 0.25) is 11.9 Å². The smallest absolute Gasteiger partial charge is 0.252 e. The van der Waals surface area contributed by atoms with E-state index in [2.05, 4.69) is 26.2 Å². The second kappa shape index (κ2) is 9.65. The molecule has 0 saturated carbocycles. The molecule has 0 aliphatic carbocycles. The summed E-state index contributed by atoms with van der Waals surface area (Å²) in [5.74, 6) is -2.01. The largest absolute Gasteiger partial charge is 0.493 e. The maximum absolute atomic E-state index is 13.2. The number of halogens is 2. The fourth-order valence-corrected chi connectivity index (χ4v) is 2.70. The predicted octanol–water partition coefficient (Wildman–Crippen LogP) is 1.79. The molecule has 1 atom stereocenters. The number of benzene rings is 2. The van der Waals surface area contributed by atoms with Crippen molar-refractivity contribution in [3.05, 3.63) is 53.6 Å². The lowest BCUT2D eigenvalue weighted by Gasteiger charge is -2.07. The molecule has 0 fully saturated rings. The van der Waals surface area contributed by atoms with Crippen molar-refractivity contribution in [3.63, 3.8) is 0 Å². The molecule has 2 amide bonds. The number of carbonyl (C=O) groups excluding carboxylic acids is 2. The molecule has 3 rings (SSSR count). The lowest BCUT2D eigenvalue weighted by atomic mass is 10.2. The van der Waals surface area contributed by atoms with Crippen LogP contribution in [-0.2, 0) is 9.59 Å². The van der Waals surface area contributed by atoms with E-state index in [0.717, 1.165) is 12.1 Å². The van der Waals surface area contributed by atoms with E-state index >= 15 is 0 Å². The number of guanidine groups is 1. The lowest BCUT2D eigenvalue weighted by Crippen LogP contribution is -2.35. The number of hydrogen-bond acceptors (Lipinski definition) is 7. The van der Waals surface area contributed by atoms with Crippen LogP contribution in [0.25, 0.3) is 0 Å². The van der Waals surface area contributed by atoms with E-state index in [0.29, 0.717) is 17.1 Å². The number of hydrazone groups is 1. The van der Waals surface area contributed by atoms with Crippen LogP contribution in [0.5, 0.6) is 11.5 Å². The summed E-state index contributed by atoms with van der Waals surface area (Å²) in [5, 5.41) is 8.85. The Morgan fingerprint density at radius 1 is 1.16 bits per heavy atom. The summed E-state index contributed by atoms with van der Waals surface area (Å²) in [4.78, 5) is 28.2. The molecule has 3 N–H and O–H groups in total. The molecule has 31 heavy (non-hydrogen) atoms. The average molecular weight is 431 g/mol. The Kier molecular flexibility index (Phi) is 6.75. The van der Waals surface area contributed by atoms with Crippen molar-refractivity contribution in [2.24, 2.45) is 10.1 Å². The summed E-state index contributed by atoms with van der Waals surface area (Å²) in [5.41, 5.74) is 3.36. The Balaban J connectivity index is 1.56. The minimum Gasteiger partial charge on any atom is -0.493 e. The number of rotatable bonds is 7. The molecule has 2 aromatic rings. The van der Waals surface area contributed by atoms with Gasteiger partial charge in [-0.25, -0.2) is 19.2 Å². The summed E-state index contributed by atoms with van der Waals surface area (Å²) in [6, 6.07) is 7.16. The maximum Gasteiger partial charge on any atom is 0.252 e. The topological polar surface area (TPSA) is 113 Å². The molecule has 0 bridgehead atoms. The second-order valence-corrected chi connectivity index (χ2v) is 6.35. The van der Waals surface area contributed by atoms with Gasteiger partial charge >= 0.3 is 0 Å². The van der Waals surface area contributed by atoms with E-state index in [1.807, 2.05) is 0 Å². The molecule has 0 unspecified atom stereocenters. The number of carbonyl (C=O) groups is 2. The van der Waals surface area contributed by atoms with Gasteiger partial charge in [-0.05, 0) is 35.9 Å². The van der Waals surface area contributed by atoms with Crippen LogP contribution in [-0.4, -0.2) is 44.2 Å². The van der Waals surface area contributed by atoms with Gasteiger partial charge in [-0.3, -0.25) is 14.9 Å². The summed E-state index contributed by atoms with van der Waals surface area (Å²) in [6.45, 7) is 0. The van der Waals surface area contributed by atoms with E-state index in [9.17, 15) is 18.4 Å². The molecule has 0 aromatic heterocycles. The van der Waals surface area contributed by atoms with Gasteiger partial charge in [0.1, 0.15) is 6.04 Å². The van der Waals surface area contributed by atoms with Gasteiger partial charge < -0.3 is 14.8 Å². The Morgan fingerprint density at radius 3 is 2.65 bits per heavy atom. The van der Waals surface area contributed by atoms with Crippen LogP contribution in [0.2, 0.25) is 0 Å². The first kappa shape index (κ1) is 21.7. The first-order valence-corrected chi connectivity index (χ1v) is 9.04. The van der Waals surface area contributed by atoms with Crippen molar-refractivity contribution in [1.29, 1.82) is 0 Å². The molecule has 0 saturated heterocycles. The standard InChI is InChI=1S/C20H19F2N5O4/c1-30-16-6-3-11(7-17(16)31-2)10-23-27-20-25-15(19(29)26-20)9-18(28)24-12-4-5-13(21)14(22)8-12/h3-8,10,15H,9H2,1-2H3,(H,24,28)(H2,25,26,27,29)/b23-10-/t15-/m1/s1. The van der Waals surface area contributed by atoms with Gasteiger partial charge in [-0.2, -0.15) is 5.10 Å². The van der Waals surface area contributed by atoms with Gasteiger partial charge in [0.05, 0.1) is 26.9 Å². The fourth-order valence-electron chi connectivity index (χ4n) is 2.70. The van der Waals surface area contributed by atoms with Gasteiger partial charge in [0, 0.05) is 11.8 Å². The van der Waals surface area contributed by atoms with Crippen LogP contribution >= 0.6 is 0 Å². The number of nitrogens with zero attached hydrogens (tertiary/aromatic N) is 2. The third-order valence-electron chi connectivity index (χ3n) is 4.20. The predicted molar refractivity (Wildman–Crippen MR) is 109 cm³/mol. The number of hydrogen-bond donors (Lipinski definition) is 3. The monoisotopic (exact) mass is 431 g/mol. The summed E-state index contributed by atoms with van der Waals surface area (Å²) in [7, 11) is 3.05. The Hall–Kier alpha value is -4.02. The Bertz CT molecular complexity index is 1060. The highest BCUT2D eigenvalue weighted by atomic mass is 19.2. The lowest BCUT2D eigenvalue weighted by molar-refractivity contribution is -0.123. The van der Waals surface area contributed by atoms with E-state index in [-0.39, 0.29) is 18.1 Å². The SMILES string of the molecule is COc1ccc(/C=N\NC2=N[C@H](CC(=O)Nc3ccc(F)c(F)c3)C(=O)N2)cc1OC. The average Bonchev–Trinajstić information content (AvgIpc) is 3.09. The first-order chi connectivity index (χ1) is 14.9. The van der Waals surface area contributed by atoms with E-state index in [1.165, 1.54) is 26.5 Å². The normalized spacial score (nSPS) is 15.4. The van der Waals surface area contributed by atoms with Crippen molar-refractivity contribution in [2.75, 3.05) is 19.5 Å². The highest BCUT2D eigenvalue weighted by molar-refractivity contribution is 6.07. The van der Waals surface area contributed by atoms with Gasteiger partial charge in [0.15, 0.2) is 23.1 Å². The summed E-state index contributed by atoms with van der Waals surface area (Å²) in [6.07, 6.45) is 1.20. The molecular formula is C20H19F2N5O4. The molecule has 162 valence electrons. The van der Waals surface area contributed by atoms with Crippen LogP contribution in [0.3, 0.4) is 0 Å². The fraction of sp³-hybridized carbons (Fsp3) is 0.200. The van der Waals surface area contributed by atoms with E-state index in [4.69, 9.17) is 9.47 Å². The molecule has 0 radical (unpaired) electrons. The molecule has 1 heterocycles. The minimum atomic E-state index is -1.09. The van der Waals surface area contributed by atoms with Gasteiger partial charge in [-0.15, -0.1) is 0 Å². The van der Waals surface area contributed by atoms with Crippen molar-refractivity contribution in [2.45, 2.75) is 12.5 Å². The molecule has 1 aliphatic rings. The third-order valence-corrected chi connectivity index (χ3v) is 4.20. The van der Waals surface area contributed by atoms with Crippen molar-refractivity contribution in [1.82, 2.24) is 10.7 Å². The van der Waals surface area contributed by atoms with Crippen molar-refractivity contribution >= 4 is 29.7 Å². The highest BCUT2D eigenvalue weighted by Crippen LogP contribution is 2.26. The first-order valence-electron chi connectivity index (χ1n) is 9.04. The third kappa shape index (κ3) is 5.53. The Labute approximate surface area is 176 Å². The minimum absolute atomic E-state index is 0.0733. The van der Waals surface area contributed by atoms with Crippen LogP contribution in [0.4, 0.5) is 14.5 Å². The number of aliphatic imine (C=N–C) groups is 1. The molecule has 9 nitrogen and oxygen atoms in total. The molecule has 1 aliphatic heterocycles. The van der Waals surface area contributed by atoms with Gasteiger partial charge in [-0.1, -0.05) is 0 Å². The maximum atomic E-state index is 13.2. The van der Waals surface area contributed by atoms with E-state index in [1.54, 1.807) is 18.2 Å². The van der Waals surface area contributed by atoms with E-state index < -0.39 is 29.5 Å². The second-order valence-electron chi connectivity index (χ2n) is 6.35. The van der Waals surface area contributed by atoms with Crippen molar-refractivity contribution < 1.29 is 27.8 Å². The number of amides is 2. The van der Waals surface area contributed by atoms with Crippen LogP contribution < -0.4 is 25.5 Å². The number of ether oxygens (including phenoxy) is 2. The summed E-state index contributed by atoms with van der Waals surface area (Å²) >= 11 is 0. The zero-order valence-electron chi connectivity index (χ0n) is 16.6. The number of anilines is 1. The molecular weight excluding hydrogens is 412 g/mol. The Morgan fingerprint density at radius 2 is 1.94 bits per heavy atom.